The molecule has 17 heavy (non-hydrogen) atoms. The fraction of sp³-hybridized carbons (Fsp3) is 0.154. The number of hydrogen-bond donors (Lipinski definition) is 1. The molecule has 0 amide bonds. The maximum absolute atomic E-state index is 12.9. The predicted molar refractivity (Wildman–Crippen MR) is 62.8 cm³/mol. The number of nitrogens with one attached hydrogen (secondary N) is 1. The fourth-order valence-corrected chi connectivity index (χ4v) is 1.56. The minimum Gasteiger partial charge on any atom is -0.385 e. The lowest BCUT2D eigenvalue weighted by Gasteiger charge is -2.06. The van der Waals surface area contributed by atoms with Crippen molar-refractivity contribution in [2.75, 3.05) is 11.9 Å². The first-order valence-corrected chi connectivity index (χ1v) is 5.33. The van der Waals surface area contributed by atoms with Crippen LogP contribution in [-0.2, 0) is 6.42 Å². The number of nitrogens with zero attached hydrogens (tertiary/aromatic N) is 1. The number of hydrogen-bond acceptors (Lipinski definition) is 2. The number of rotatable bonds is 4. The van der Waals surface area contributed by atoms with Crippen LogP contribution < -0.4 is 5.32 Å². The second-order valence-corrected chi connectivity index (χ2v) is 3.69. The quantitative estimate of drug-likeness (QED) is 0.879. The van der Waals surface area contributed by atoms with Crippen LogP contribution in [0.25, 0.3) is 0 Å². The molecule has 0 saturated heterocycles. The molecular weight excluding hydrogens is 222 g/mol. The standard InChI is InChI=1S/C13H12F2N2/c14-11-7-12(15)9-13(8-11)17-6-3-10-1-4-16-5-2-10/h1-2,4-5,7-9,17H,3,6H2. The van der Waals surface area contributed by atoms with E-state index in [4.69, 9.17) is 0 Å². The van der Waals surface area contributed by atoms with Crippen molar-refractivity contribution in [3.8, 4) is 0 Å². The highest BCUT2D eigenvalue weighted by molar-refractivity contribution is 5.43. The monoisotopic (exact) mass is 234 g/mol. The molecule has 1 aromatic heterocycles. The normalized spacial score (nSPS) is 10.2. The molecule has 0 radical (unpaired) electrons. The Morgan fingerprint density at radius 3 is 2.29 bits per heavy atom. The Labute approximate surface area is 98.3 Å². The Morgan fingerprint density at radius 2 is 1.65 bits per heavy atom. The smallest absolute Gasteiger partial charge is 0.128 e. The molecule has 0 aliphatic rings. The Bertz CT molecular complexity index is 466. The van der Waals surface area contributed by atoms with Gasteiger partial charge < -0.3 is 5.32 Å². The van der Waals surface area contributed by atoms with Gasteiger partial charge in [-0.05, 0) is 36.2 Å². The van der Waals surface area contributed by atoms with E-state index in [1.165, 1.54) is 12.1 Å². The SMILES string of the molecule is Fc1cc(F)cc(NCCc2ccncc2)c1. The fourth-order valence-electron chi connectivity index (χ4n) is 1.56. The topological polar surface area (TPSA) is 24.9 Å². The largest absolute Gasteiger partial charge is 0.385 e. The maximum atomic E-state index is 12.9. The molecule has 2 nitrogen and oxygen atoms in total. The zero-order valence-corrected chi connectivity index (χ0v) is 9.16. The molecule has 1 N–H and O–H groups in total. The Balaban J connectivity index is 1.90. The zero-order valence-electron chi connectivity index (χ0n) is 9.16. The van der Waals surface area contributed by atoms with Gasteiger partial charge in [0, 0.05) is 30.7 Å². The van der Waals surface area contributed by atoms with E-state index in [-0.39, 0.29) is 0 Å². The van der Waals surface area contributed by atoms with Gasteiger partial charge in [0.15, 0.2) is 0 Å². The Kier molecular flexibility index (Phi) is 3.65. The Hall–Kier alpha value is -1.97. The van der Waals surface area contributed by atoms with Crippen molar-refractivity contribution in [2.24, 2.45) is 0 Å². The molecule has 0 aliphatic carbocycles. The summed E-state index contributed by atoms with van der Waals surface area (Å²) in [5.41, 5.74) is 1.58. The van der Waals surface area contributed by atoms with Gasteiger partial charge in [-0.25, -0.2) is 8.78 Å². The van der Waals surface area contributed by atoms with Gasteiger partial charge in [0.25, 0.3) is 0 Å². The molecule has 4 heteroatoms. The van der Waals surface area contributed by atoms with Gasteiger partial charge in [0.05, 0.1) is 0 Å². The third-order valence-electron chi connectivity index (χ3n) is 2.35. The van der Waals surface area contributed by atoms with E-state index < -0.39 is 11.6 Å². The van der Waals surface area contributed by atoms with Gasteiger partial charge in [-0.15, -0.1) is 0 Å². The first-order chi connectivity index (χ1) is 8.24. The molecule has 0 saturated carbocycles. The van der Waals surface area contributed by atoms with Crippen molar-refractivity contribution in [3.05, 3.63) is 59.9 Å². The van der Waals surface area contributed by atoms with Gasteiger partial charge in [-0.2, -0.15) is 0 Å². The lowest BCUT2D eigenvalue weighted by Crippen LogP contribution is -2.05. The first-order valence-electron chi connectivity index (χ1n) is 5.33. The lowest BCUT2D eigenvalue weighted by atomic mass is 10.2. The third kappa shape index (κ3) is 3.52. The van der Waals surface area contributed by atoms with E-state index in [1.54, 1.807) is 12.4 Å². The van der Waals surface area contributed by atoms with Crippen LogP contribution in [0.5, 0.6) is 0 Å². The highest BCUT2D eigenvalue weighted by Gasteiger charge is 1.99. The maximum Gasteiger partial charge on any atom is 0.128 e. The summed E-state index contributed by atoms with van der Waals surface area (Å²) in [4.78, 5) is 3.92. The lowest BCUT2D eigenvalue weighted by molar-refractivity contribution is 0.584. The van der Waals surface area contributed by atoms with Crippen LogP contribution in [-0.4, -0.2) is 11.5 Å². The van der Waals surface area contributed by atoms with Crippen molar-refractivity contribution >= 4 is 5.69 Å². The molecular formula is C13H12F2N2. The summed E-state index contributed by atoms with van der Waals surface area (Å²) in [6.45, 7) is 0.618. The van der Waals surface area contributed by atoms with Crippen LogP contribution in [0.1, 0.15) is 5.56 Å². The van der Waals surface area contributed by atoms with Crippen LogP contribution >= 0.6 is 0 Å². The number of halogens is 2. The number of benzene rings is 1. The highest BCUT2D eigenvalue weighted by atomic mass is 19.1. The van der Waals surface area contributed by atoms with Crippen LogP contribution in [0.2, 0.25) is 0 Å². The number of anilines is 1. The van der Waals surface area contributed by atoms with Crippen LogP contribution in [0, 0.1) is 11.6 Å². The van der Waals surface area contributed by atoms with Crippen LogP contribution in [0.3, 0.4) is 0 Å². The van der Waals surface area contributed by atoms with E-state index in [1.807, 2.05) is 12.1 Å². The summed E-state index contributed by atoms with van der Waals surface area (Å²) in [5, 5.41) is 2.97. The van der Waals surface area contributed by atoms with Crippen molar-refractivity contribution in [2.45, 2.75) is 6.42 Å². The molecule has 0 bridgehead atoms. The molecule has 88 valence electrons. The summed E-state index contributed by atoms with van der Waals surface area (Å²) in [7, 11) is 0. The second kappa shape index (κ2) is 5.39. The van der Waals surface area contributed by atoms with Crippen molar-refractivity contribution in [1.82, 2.24) is 4.98 Å². The molecule has 2 aromatic rings. The molecule has 0 atom stereocenters. The highest BCUT2D eigenvalue weighted by Crippen LogP contribution is 2.12. The van der Waals surface area contributed by atoms with E-state index in [0.717, 1.165) is 18.1 Å². The predicted octanol–water partition coefficient (Wildman–Crippen LogP) is 3.01. The molecule has 0 aliphatic heterocycles. The number of aromatic nitrogens is 1. The molecule has 0 unspecified atom stereocenters. The average molecular weight is 234 g/mol. The molecule has 0 spiro atoms. The number of pyridine rings is 1. The van der Waals surface area contributed by atoms with Crippen LogP contribution in [0.15, 0.2) is 42.7 Å². The molecule has 2 rings (SSSR count). The third-order valence-corrected chi connectivity index (χ3v) is 2.35. The molecule has 1 aromatic carbocycles. The summed E-state index contributed by atoms with van der Waals surface area (Å²) >= 11 is 0. The van der Waals surface area contributed by atoms with Gasteiger partial charge in [-0.3, -0.25) is 4.98 Å². The zero-order chi connectivity index (χ0) is 12.1. The van der Waals surface area contributed by atoms with Gasteiger partial charge >= 0.3 is 0 Å². The summed E-state index contributed by atoms with van der Waals surface area (Å²) < 4.78 is 25.8. The van der Waals surface area contributed by atoms with Crippen molar-refractivity contribution in [3.63, 3.8) is 0 Å². The van der Waals surface area contributed by atoms with E-state index in [2.05, 4.69) is 10.3 Å². The van der Waals surface area contributed by atoms with Crippen LogP contribution in [0.4, 0.5) is 14.5 Å². The van der Waals surface area contributed by atoms with E-state index in [0.29, 0.717) is 12.2 Å². The summed E-state index contributed by atoms with van der Waals surface area (Å²) in [5.74, 6) is -1.15. The minimum atomic E-state index is -0.573. The minimum absolute atomic E-state index is 0.455. The van der Waals surface area contributed by atoms with Crippen molar-refractivity contribution in [1.29, 1.82) is 0 Å². The van der Waals surface area contributed by atoms with E-state index in [9.17, 15) is 8.78 Å². The second-order valence-electron chi connectivity index (χ2n) is 3.69. The molecule has 1 heterocycles. The summed E-state index contributed by atoms with van der Waals surface area (Å²) in [6, 6.07) is 7.22. The Morgan fingerprint density at radius 1 is 1.00 bits per heavy atom. The summed E-state index contributed by atoms with van der Waals surface area (Å²) in [6.07, 6.45) is 4.22. The first kappa shape index (κ1) is 11.5. The van der Waals surface area contributed by atoms with Gasteiger partial charge in [0.2, 0.25) is 0 Å². The molecule has 0 fully saturated rings. The van der Waals surface area contributed by atoms with Gasteiger partial charge in [0.1, 0.15) is 11.6 Å². The van der Waals surface area contributed by atoms with Crippen molar-refractivity contribution < 1.29 is 8.78 Å². The van der Waals surface area contributed by atoms with Gasteiger partial charge in [-0.1, -0.05) is 0 Å². The average Bonchev–Trinajstić information content (AvgIpc) is 2.29. The van der Waals surface area contributed by atoms with E-state index >= 15 is 0 Å².